The van der Waals surface area contributed by atoms with Crippen LogP contribution in [0, 0.1) is 13.8 Å². The lowest BCUT2D eigenvalue weighted by atomic mass is 10.0. The minimum absolute atomic E-state index is 0.0329. The molecule has 2 aromatic carbocycles. The van der Waals surface area contributed by atoms with E-state index in [0.29, 0.717) is 12.4 Å². The zero-order valence-electron chi connectivity index (χ0n) is 16.5. The van der Waals surface area contributed by atoms with Crippen LogP contribution in [0.3, 0.4) is 0 Å². The number of hydrogen-bond acceptors (Lipinski definition) is 4. The molecule has 0 amide bonds. The first-order chi connectivity index (χ1) is 13.6. The minimum Gasteiger partial charge on any atom is -0.368 e. The van der Waals surface area contributed by atoms with Gasteiger partial charge in [0, 0.05) is 43.9 Å². The highest BCUT2D eigenvalue weighted by Gasteiger charge is 2.20. The van der Waals surface area contributed by atoms with Crippen molar-refractivity contribution >= 4 is 11.6 Å². The standard InChI is InChI=1S/C23H26N4O/c1-17-7-6-8-19(15-17)16-21-18(2)24-23(25-22(21)28)27-13-11-26(12-14-27)20-9-4-3-5-10-20/h3-10,15H,11-14,16H2,1-2H3,(H,24,25,28). The number of H-pyrrole nitrogens is 1. The van der Waals surface area contributed by atoms with Crippen LogP contribution in [0.5, 0.6) is 0 Å². The monoisotopic (exact) mass is 374 g/mol. The van der Waals surface area contributed by atoms with Gasteiger partial charge in [-0.05, 0) is 31.5 Å². The third-order valence-corrected chi connectivity index (χ3v) is 5.37. The number of aromatic nitrogens is 2. The molecule has 0 atom stereocenters. The molecule has 5 heteroatoms. The molecule has 1 fully saturated rings. The second-order valence-corrected chi connectivity index (χ2v) is 7.43. The molecule has 28 heavy (non-hydrogen) atoms. The summed E-state index contributed by atoms with van der Waals surface area (Å²) in [5.41, 5.74) is 5.11. The van der Waals surface area contributed by atoms with E-state index in [4.69, 9.17) is 4.98 Å². The van der Waals surface area contributed by atoms with Gasteiger partial charge in [0.05, 0.1) is 5.69 Å². The van der Waals surface area contributed by atoms with E-state index in [2.05, 4.69) is 64.2 Å². The van der Waals surface area contributed by atoms with Crippen molar-refractivity contribution < 1.29 is 0 Å². The highest BCUT2D eigenvalue weighted by atomic mass is 16.1. The minimum atomic E-state index is -0.0329. The summed E-state index contributed by atoms with van der Waals surface area (Å²) >= 11 is 0. The zero-order valence-corrected chi connectivity index (χ0v) is 16.5. The Kier molecular flexibility index (Phi) is 5.15. The number of aromatic amines is 1. The molecule has 1 aliphatic rings. The fourth-order valence-electron chi connectivity index (χ4n) is 3.80. The number of benzene rings is 2. The molecule has 1 N–H and O–H groups in total. The van der Waals surface area contributed by atoms with Crippen molar-refractivity contribution in [3.05, 3.63) is 87.3 Å². The number of nitrogens with zero attached hydrogens (tertiary/aromatic N) is 3. The van der Waals surface area contributed by atoms with Crippen LogP contribution < -0.4 is 15.4 Å². The number of para-hydroxylation sites is 1. The van der Waals surface area contributed by atoms with E-state index < -0.39 is 0 Å². The third-order valence-electron chi connectivity index (χ3n) is 5.37. The van der Waals surface area contributed by atoms with Crippen molar-refractivity contribution in [3.63, 3.8) is 0 Å². The van der Waals surface area contributed by atoms with E-state index in [1.165, 1.54) is 11.3 Å². The molecule has 4 rings (SSSR count). The Labute approximate surface area is 165 Å². The summed E-state index contributed by atoms with van der Waals surface area (Å²) in [6, 6.07) is 18.7. The predicted octanol–water partition coefficient (Wildman–Crippen LogP) is 3.30. The molecule has 0 bridgehead atoms. The lowest BCUT2D eigenvalue weighted by molar-refractivity contribution is 0.637. The van der Waals surface area contributed by atoms with Gasteiger partial charge in [-0.2, -0.15) is 0 Å². The number of hydrogen-bond donors (Lipinski definition) is 1. The van der Waals surface area contributed by atoms with Gasteiger partial charge in [-0.3, -0.25) is 9.78 Å². The van der Waals surface area contributed by atoms with Gasteiger partial charge >= 0.3 is 0 Å². The Balaban J connectivity index is 1.48. The molecule has 1 saturated heterocycles. The van der Waals surface area contributed by atoms with Crippen molar-refractivity contribution in [2.24, 2.45) is 0 Å². The maximum Gasteiger partial charge on any atom is 0.256 e. The molecule has 2 heterocycles. The molecule has 0 spiro atoms. The molecule has 1 aromatic heterocycles. The Morgan fingerprint density at radius 3 is 2.32 bits per heavy atom. The van der Waals surface area contributed by atoms with E-state index in [0.717, 1.165) is 43.0 Å². The Hall–Kier alpha value is -3.08. The quantitative estimate of drug-likeness (QED) is 0.761. The van der Waals surface area contributed by atoms with E-state index >= 15 is 0 Å². The molecule has 0 saturated carbocycles. The summed E-state index contributed by atoms with van der Waals surface area (Å²) in [7, 11) is 0. The second-order valence-electron chi connectivity index (χ2n) is 7.43. The number of nitrogens with one attached hydrogen (secondary N) is 1. The predicted molar refractivity (Wildman–Crippen MR) is 114 cm³/mol. The third kappa shape index (κ3) is 3.93. The molecule has 0 aliphatic carbocycles. The van der Waals surface area contributed by atoms with E-state index in [9.17, 15) is 4.79 Å². The summed E-state index contributed by atoms with van der Waals surface area (Å²) in [6.45, 7) is 7.51. The van der Waals surface area contributed by atoms with Crippen LogP contribution in [0.2, 0.25) is 0 Å². The summed E-state index contributed by atoms with van der Waals surface area (Å²) in [5, 5.41) is 0. The first-order valence-electron chi connectivity index (χ1n) is 9.80. The zero-order chi connectivity index (χ0) is 19.5. The molecule has 1 aliphatic heterocycles. The molecule has 0 radical (unpaired) electrons. The van der Waals surface area contributed by atoms with Crippen LogP contribution in [-0.2, 0) is 6.42 Å². The maximum absolute atomic E-state index is 12.7. The fourth-order valence-corrected chi connectivity index (χ4v) is 3.80. The average Bonchev–Trinajstić information content (AvgIpc) is 2.71. The molecule has 3 aromatic rings. The first-order valence-corrected chi connectivity index (χ1v) is 9.80. The van der Waals surface area contributed by atoms with Gasteiger partial charge in [-0.25, -0.2) is 4.98 Å². The summed E-state index contributed by atoms with van der Waals surface area (Å²) < 4.78 is 0. The SMILES string of the molecule is Cc1cccc(Cc2c(C)nc(N3CCN(c4ccccc4)CC3)[nH]c2=O)c1. The van der Waals surface area contributed by atoms with Crippen LogP contribution >= 0.6 is 0 Å². The van der Waals surface area contributed by atoms with Crippen molar-refractivity contribution in [2.45, 2.75) is 20.3 Å². The average molecular weight is 374 g/mol. The van der Waals surface area contributed by atoms with Crippen LogP contribution in [0.25, 0.3) is 0 Å². The van der Waals surface area contributed by atoms with Crippen molar-refractivity contribution in [1.82, 2.24) is 9.97 Å². The van der Waals surface area contributed by atoms with Gasteiger partial charge in [-0.15, -0.1) is 0 Å². The van der Waals surface area contributed by atoms with E-state index in [1.54, 1.807) is 0 Å². The van der Waals surface area contributed by atoms with Crippen molar-refractivity contribution in [2.75, 3.05) is 36.0 Å². The van der Waals surface area contributed by atoms with Gasteiger partial charge in [0.1, 0.15) is 0 Å². The molecule has 144 valence electrons. The fraction of sp³-hybridized carbons (Fsp3) is 0.304. The maximum atomic E-state index is 12.7. The van der Waals surface area contributed by atoms with Crippen LogP contribution in [0.4, 0.5) is 11.6 Å². The summed E-state index contributed by atoms with van der Waals surface area (Å²) in [4.78, 5) is 25.0. The van der Waals surface area contributed by atoms with Crippen molar-refractivity contribution in [1.29, 1.82) is 0 Å². The number of rotatable bonds is 4. The normalized spacial score (nSPS) is 14.4. The smallest absolute Gasteiger partial charge is 0.256 e. The van der Waals surface area contributed by atoms with Gasteiger partial charge < -0.3 is 9.80 Å². The van der Waals surface area contributed by atoms with Crippen molar-refractivity contribution in [3.8, 4) is 0 Å². The topological polar surface area (TPSA) is 52.2 Å². The van der Waals surface area contributed by atoms with Gasteiger partial charge in [0.2, 0.25) is 5.95 Å². The highest BCUT2D eigenvalue weighted by Crippen LogP contribution is 2.18. The largest absolute Gasteiger partial charge is 0.368 e. The highest BCUT2D eigenvalue weighted by molar-refractivity contribution is 5.48. The van der Waals surface area contributed by atoms with E-state index in [-0.39, 0.29) is 5.56 Å². The Bertz CT molecular complexity index is 1000. The number of piperazine rings is 1. The Morgan fingerprint density at radius 1 is 0.929 bits per heavy atom. The molecule has 5 nitrogen and oxygen atoms in total. The number of anilines is 2. The van der Waals surface area contributed by atoms with Gasteiger partial charge in [0.25, 0.3) is 5.56 Å². The van der Waals surface area contributed by atoms with Crippen LogP contribution in [-0.4, -0.2) is 36.1 Å². The first kappa shape index (κ1) is 18.3. The summed E-state index contributed by atoms with van der Waals surface area (Å²) in [6.07, 6.45) is 0.609. The van der Waals surface area contributed by atoms with Crippen LogP contribution in [0.1, 0.15) is 22.4 Å². The molecule has 0 unspecified atom stereocenters. The van der Waals surface area contributed by atoms with Crippen LogP contribution in [0.15, 0.2) is 59.4 Å². The number of aryl methyl sites for hydroxylation is 2. The lowest BCUT2D eigenvalue weighted by Gasteiger charge is -2.36. The Morgan fingerprint density at radius 2 is 1.64 bits per heavy atom. The lowest BCUT2D eigenvalue weighted by Crippen LogP contribution is -2.47. The molecular formula is C23H26N4O. The summed E-state index contributed by atoms with van der Waals surface area (Å²) in [5.74, 6) is 0.684. The second kappa shape index (κ2) is 7.89. The van der Waals surface area contributed by atoms with Gasteiger partial charge in [-0.1, -0.05) is 48.0 Å². The molecular weight excluding hydrogens is 348 g/mol. The van der Waals surface area contributed by atoms with E-state index in [1.807, 2.05) is 19.1 Å². The van der Waals surface area contributed by atoms with Gasteiger partial charge in [0.15, 0.2) is 0 Å².